The SMILES string of the molecule is CCN1CCN(C(=O)Cc2csc(CCc3ccncc3)n2)CC1. The first-order chi connectivity index (χ1) is 11.7. The van der Waals surface area contributed by atoms with Crippen LogP contribution in [0.5, 0.6) is 0 Å². The minimum Gasteiger partial charge on any atom is -0.340 e. The standard InChI is InChI=1S/C18H24N4OS/c1-2-21-9-11-22(12-10-21)18(23)13-16-14-24-17(20-16)4-3-15-5-7-19-8-6-15/h5-8,14H,2-4,9-13H2,1H3. The Morgan fingerprint density at radius 2 is 1.92 bits per heavy atom. The Labute approximate surface area is 147 Å². The molecule has 0 aliphatic carbocycles. The zero-order valence-corrected chi connectivity index (χ0v) is 15.0. The molecule has 3 rings (SSSR count). The monoisotopic (exact) mass is 344 g/mol. The number of hydrogen-bond donors (Lipinski definition) is 0. The van der Waals surface area contributed by atoms with Gasteiger partial charge in [0.25, 0.3) is 0 Å². The molecule has 0 atom stereocenters. The molecule has 2 aromatic heterocycles. The van der Waals surface area contributed by atoms with Gasteiger partial charge in [-0.25, -0.2) is 4.98 Å². The normalized spacial score (nSPS) is 15.6. The summed E-state index contributed by atoms with van der Waals surface area (Å²) in [6.07, 6.45) is 5.94. The Hall–Kier alpha value is -1.79. The lowest BCUT2D eigenvalue weighted by molar-refractivity contribution is -0.132. The molecule has 24 heavy (non-hydrogen) atoms. The molecule has 0 unspecified atom stereocenters. The van der Waals surface area contributed by atoms with Gasteiger partial charge in [0.05, 0.1) is 17.1 Å². The minimum atomic E-state index is 0.205. The zero-order chi connectivity index (χ0) is 16.8. The Morgan fingerprint density at radius 1 is 1.17 bits per heavy atom. The molecule has 2 aromatic rings. The van der Waals surface area contributed by atoms with Crippen LogP contribution in [0.1, 0.15) is 23.2 Å². The van der Waals surface area contributed by atoms with Crippen molar-refractivity contribution in [2.45, 2.75) is 26.2 Å². The third-order valence-corrected chi connectivity index (χ3v) is 5.44. The molecular weight excluding hydrogens is 320 g/mol. The Balaban J connectivity index is 1.48. The van der Waals surface area contributed by atoms with Crippen LogP contribution in [0.25, 0.3) is 0 Å². The first kappa shape index (κ1) is 17.0. The van der Waals surface area contributed by atoms with E-state index in [0.717, 1.165) is 56.3 Å². The molecule has 0 N–H and O–H groups in total. The summed E-state index contributed by atoms with van der Waals surface area (Å²) in [5.74, 6) is 0.205. The second-order valence-corrected chi connectivity index (χ2v) is 7.02. The van der Waals surface area contributed by atoms with Gasteiger partial charge in [-0.1, -0.05) is 6.92 Å². The van der Waals surface area contributed by atoms with Crippen LogP contribution in [0.2, 0.25) is 0 Å². The van der Waals surface area contributed by atoms with Crippen molar-refractivity contribution in [2.24, 2.45) is 0 Å². The summed E-state index contributed by atoms with van der Waals surface area (Å²) in [6.45, 7) is 6.87. The molecule has 3 heterocycles. The van der Waals surface area contributed by atoms with E-state index in [0.29, 0.717) is 6.42 Å². The molecule has 1 aliphatic rings. The first-order valence-electron chi connectivity index (χ1n) is 8.57. The summed E-state index contributed by atoms with van der Waals surface area (Å²) in [6, 6.07) is 4.07. The number of carbonyl (C=O) groups excluding carboxylic acids is 1. The van der Waals surface area contributed by atoms with E-state index in [1.807, 2.05) is 34.8 Å². The lowest BCUT2D eigenvalue weighted by Gasteiger charge is -2.34. The van der Waals surface area contributed by atoms with Gasteiger partial charge in [-0.05, 0) is 30.7 Å². The summed E-state index contributed by atoms with van der Waals surface area (Å²) >= 11 is 1.66. The van der Waals surface area contributed by atoms with Gasteiger partial charge in [0, 0.05) is 50.4 Å². The van der Waals surface area contributed by atoms with Crippen molar-refractivity contribution >= 4 is 17.2 Å². The van der Waals surface area contributed by atoms with Gasteiger partial charge < -0.3 is 9.80 Å². The zero-order valence-electron chi connectivity index (χ0n) is 14.1. The Kier molecular flexibility index (Phi) is 5.93. The second kappa shape index (κ2) is 8.35. The number of amides is 1. The fourth-order valence-corrected chi connectivity index (χ4v) is 3.72. The first-order valence-corrected chi connectivity index (χ1v) is 9.45. The van der Waals surface area contributed by atoms with E-state index in [1.54, 1.807) is 11.3 Å². The highest BCUT2D eigenvalue weighted by Crippen LogP contribution is 2.14. The highest BCUT2D eigenvalue weighted by molar-refractivity contribution is 7.09. The quantitative estimate of drug-likeness (QED) is 0.805. The maximum atomic E-state index is 12.4. The third-order valence-electron chi connectivity index (χ3n) is 4.48. The Bertz CT molecular complexity index is 650. The summed E-state index contributed by atoms with van der Waals surface area (Å²) in [7, 11) is 0. The van der Waals surface area contributed by atoms with Crippen molar-refractivity contribution in [3.8, 4) is 0 Å². The molecule has 0 radical (unpaired) electrons. The predicted molar refractivity (Wildman–Crippen MR) is 96.2 cm³/mol. The van der Waals surface area contributed by atoms with E-state index in [9.17, 15) is 4.79 Å². The predicted octanol–water partition coefficient (Wildman–Crippen LogP) is 2.03. The number of carbonyl (C=O) groups is 1. The second-order valence-electron chi connectivity index (χ2n) is 6.08. The topological polar surface area (TPSA) is 49.3 Å². The van der Waals surface area contributed by atoms with Crippen molar-refractivity contribution in [3.63, 3.8) is 0 Å². The fourth-order valence-electron chi connectivity index (χ4n) is 2.93. The largest absolute Gasteiger partial charge is 0.340 e. The number of aryl methyl sites for hydroxylation is 2. The molecular formula is C18H24N4OS. The minimum absolute atomic E-state index is 0.205. The average molecular weight is 344 g/mol. The van der Waals surface area contributed by atoms with Crippen LogP contribution >= 0.6 is 11.3 Å². The van der Waals surface area contributed by atoms with Gasteiger partial charge in [0.2, 0.25) is 5.91 Å². The van der Waals surface area contributed by atoms with Gasteiger partial charge in [-0.3, -0.25) is 9.78 Å². The van der Waals surface area contributed by atoms with E-state index in [2.05, 4.69) is 21.8 Å². The van der Waals surface area contributed by atoms with Crippen molar-refractivity contribution < 1.29 is 4.79 Å². The lowest BCUT2D eigenvalue weighted by atomic mass is 10.1. The lowest BCUT2D eigenvalue weighted by Crippen LogP contribution is -2.48. The number of nitrogens with zero attached hydrogens (tertiary/aromatic N) is 4. The van der Waals surface area contributed by atoms with Gasteiger partial charge in [-0.2, -0.15) is 0 Å². The molecule has 0 aromatic carbocycles. The molecule has 1 aliphatic heterocycles. The molecule has 1 saturated heterocycles. The van der Waals surface area contributed by atoms with Crippen LogP contribution in [-0.2, 0) is 24.1 Å². The smallest absolute Gasteiger partial charge is 0.228 e. The maximum absolute atomic E-state index is 12.4. The summed E-state index contributed by atoms with van der Waals surface area (Å²) in [5.41, 5.74) is 2.18. The van der Waals surface area contributed by atoms with Crippen molar-refractivity contribution in [3.05, 3.63) is 46.2 Å². The van der Waals surface area contributed by atoms with Crippen LogP contribution in [0.4, 0.5) is 0 Å². The molecule has 0 bridgehead atoms. The van der Waals surface area contributed by atoms with E-state index < -0.39 is 0 Å². The third kappa shape index (κ3) is 4.61. The van der Waals surface area contributed by atoms with Gasteiger partial charge in [0.15, 0.2) is 0 Å². The fraction of sp³-hybridized carbons (Fsp3) is 0.500. The van der Waals surface area contributed by atoms with Crippen LogP contribution in [-0.4, -0.2) is 58.4 Å². The number of piperazine rings is 1. The van der Waals surface area contributed by atoms with Crippen LogP contribution < -0.4 is 0 Å². The molecule has 1 amide bonds. The number of rotatable bonds is 6. The van der Waals surface area contributed by atoms with Gasteiger partial charge in [-0.15, -0.1) is 11.3 Å². The molecule has 0 saturated carbocycles. The van der Waals surface area contributed by atoms with Crippen LogP contribution in [0.3, 0.4) is 0 Å². The molecule has 6 heteroatoms. The molecule has 128 valence electrons. The summed E-state index contributed by atoms with van der Waals surface area (Å²) < 4.78 is 0. The average Bonchev–Trinajstić information content (AvgIpc) is 3.08. The number of pyridine rings is 1. The van der Waals surface area contributed by atoms with Crippen molar-refractivity contribution in [1.29, 1.82) is 0 Å². The molecule has 5 nitrogen and oxygen atoms in total. The highest BCUT2D eigenvalue weighted by atomic mass is 32.1. The van der Waals surface area contributed by atoms with Crippen LogP contribution in [0, 0.1) is 0 Å². The summed E-state index contributed by atoms with van der Waals surface area (Å²) in [5, 5.41) is 3.13. The van der Waals surface area contributed by atoms with Gasteiger partial charge in [0.1, 0.15) is 0 Å². The number of thiazole rings is 1. The maximum Gasteiger partial charge on any atom is 0.228 e. The van der Waals surface area contributed by atoms with E-state index in [-0.39, 0.29) is 5.91 Å². The Morgan fingerprint density at radius 3 is 2.62 bits per heavy atom. The van der Waals surface area contributed by atoms with E-state index >= 15 is 0 Å². The number of likely N-dealkylation sites (N-methyl/N-ethyl adjacent to an activating group) is 1. The van der Waals surface area contributed by atoms with Gasteiger partial charge >= 0.3 is 0 Å². The van der Waals surface area contributed by atoms with E-state index in [1.165, 1.54) is 5.56 Å². The highest BCUT2D eigenvalue weighted by Gasteiger charge is 2.20. The molecule has 0 spiro atoms. The van der Waals surface area contributed by atoms with Crippen molar-refractivity contribution in [2.75, 3.05) is 32.7 Å². The number of hydrogen-bond acceptors (Lipinski definition) is 5. The molecule has 1 fully saturated rings. The van der Waals surface area contributed by atoms with Crippen molar-refractivity contribution in [1.82, 2.24) is 19.8 Å². The summed E-state index contributed by atoms with van der Waals surface area (Å²) in [4.78, 5) is 25.4. The number of aromatic nitrogens is 2. The van der Waals surface area contributed by atoms with E-state index in [4.69, 9.17) is 0 Å². The van der Waals surface area contributed by atoms with Crippen LogP contribution in [0.15, 0.2) is 29.9 Å².